The maximum Gasteiger partial charge on any atom is 0.0599 e. The lowest BCUT2D eigenvalue weighted by molar-refractivity contribution is -0.00522. The molecule has 2 aliphatic heterocycles. The Hall–Kier alpha value is 0.130. The Morgan fingerprint density at radius 1 is 1.28 bits per heavy atom. The van der Waals surface area contributed by atoms with Gasteiger partial charge in [0.25, 0.3) is 0 Å². The van der Waals surface area contributed by atoms with Crippen molar-refractivity contribution >= 4 is 12.4 Å². The van der Waals surface area contributed by atoms with E-state index in [-0.39, 0.29) is 12.4 Å². The van der Waals surface area contributed by atoms with Crippen LogP contribution in [0, 0.1) is 5.92 Å². The number of piperidine rings is 1. The second-order valence-electron chi connectivity index (χ2n) is 5.32. The summed E-state index contributed by atoms with van der Waals surface area (Å²) in [7, 11) is 1.81. The fraction of sp³-hybridized carbons (Fsp3) is 1.00. The first-order chi connectivity index (χ1) is 8.33. The molecule has 0 aromatic rings. The van der Waals surface area contributed by atoms with Gasteiger partial charge in [0, 0.05) is 46.0 Å². The minimum atomic E-state index is 0. The van der Waals surface area contributed by atoms with Crippen LogP contribution >= 0.6 is 12.4 Å². The molecule has 2 atom stereocenters. The SMILES string of the molecule is COC1CCN(CC2CCOCC2)C(CN)C1.Cl. The molecule has 2 saturated heterocycles. The van der Waals surface area contributed by atoms with Crippen molar-refractivity contribution in [3.63, 3.8) is 0 Å². The Bertz CT molecular complexity index is 225. The van der Waals surface area contributed by atoms with Crippen LogP contribution in [-0.4, -0.2) is 57.0 Å². The highest BCUT2D eigenvalue weighted by atomic mass is 35.5. The van der Waals surface area contributed by atoms with E-state index in [2.05, 4.69) is 4.90 Å². The predicted octanol–water partition coefficient (Wildman–Crippen LogP) is 1.27. The summed E-state index contributed by atoms with van der Waals surface area (Å²) in [6.45, 7) is 4.96. The molecule has 0 radical (unpaired) electrons. The molecule has 0 spiro atoms. The normalized spacial score (nSPS) is 31.0. The Morgan fingerprint density at radius 2 is 2.00 bits per heavy atom. The van der Waals surface area contributed by atoms with Gasteiger partial charge < -0.3 is 15.2 Å². The summed E-state index contributed by atoms with van der Waals surface area (Å²) in [6.07, 6.45) is 5.07. The summed E-state index contributed by atoms with van der Waals surface area (Å²) in [5, 5.41) is 0. The number of halogens is 1. The maximum atomic E-state index is 5.89. The highest BCUT2D eigenvalue weighted by Crippen LogP contribution is 2.23. The van der Waals surface area contributed by atoms with Gasteiger partial charge in [-0.3, -0.25) is 4.90 Å². The van der Waals surface area contributed by atoms with Crippen LogP contribution < -0.4 is 5.73 Å². The quantitative estimate of drug-likeness (QED) is 0.841. The van der Waals surface area contributed by atoms with Gasteiger partial charge in [-0.05, 0) is 31.6 Å². The number of rotatable bonds is 4. The molecule has 2 fully saturated rings. The van der Waals surface area contributed by atoms with Crippen LogP contribution in [0.5, 0.6) is 0 Å². The Balaban J connectivity index is 0.00000162. The highest BCUT2D eigenvalue weighted by molar-refractivity contribution is 5.85. The summed E-state index contributed by atoms with van der Waals surface area (Å²) in [6, 6.07) is 0.511. The molecule has 0 aromatic carbocycles. The Labute approximate surface area is 117 Å². The minimum absolute atomic E-state index is 0. The molecule has 0 bridgehead atoms. The zero-order valence-corrected chi connectivity index (χ0v) is 12.2. The number of hydrogen-bond donors (Lipinski definition) is 1. The van der Waals surface area contributed by atoms with Crippen molar-refractivity contribution in [3.8, 4) is 0 Å². The number of ether oxygens (including phenoxy) is 2. The van der Waals surface area contributed by atoms with E-state index in [0.717, 1.165) is 45.1 Å². The van der Waals surface area contributed by atoms with Crippen LogP contribution in [0.1, 0.15) is 25.7 Å². The second kappa shape index (κ2) is 8.33. The fourth-order valence-electron chi connectivity index (χ4n) is 3.02. The van der Waals surface area contributed by atoms with Gasteiger partial charge in [0.15, 0.2) is 0 Å². The third-order valence-corrected chi connectivity index (χ3v) is 4.23. The number of hydrogen-bond acceptors (Lipinski definition) is 4. The van der Waals surface area contributed by atoms with E-state index in [1.165, 1.54) is 19.4 Å². The van der Waals surface area contributed by atoms with Gasteiger partial charge in [0.05, 0.1) is 6.10 Å². The van der Waals surface area contributed by atoms with E-state index < -0.39 is 0 Å². The van der Waals surface area contributed by atoms with Crippen molar-refractivity contribution in [2.45, 2.75) is 37.8 Å². The molecule has 2 rings (SSSR count). The van der Waals surface area contributed by atoms with E-state index in [0.29, 0.717) is 12.1 Å². The molecule has 4 nitrogen and oxygen atoms in total. The largest absolute Gasteiger partial charge is 0.381 e. The van der Waals surface area contributed by atoms with Gasteiger partial charge in [0.2, 0.25) is 0 Å². The zero-order chi connectivity index (χ0) is 12.1. The van der Waals surface area contributed by atoms with Crippen molar-refractivity contribution < 1.29 is 9.47 Å². The molecule has 2 unspecified atom stereocenters. The molecular formula is C13H27ClN2O2. The number of nitrogens with zero attached hydrogens (tertiary/aromatic N) is 1. The van der Waals surface area contributed by atoms with Crippen LogP contribution in [0.3, 0.4) is 0 Å². The summed E-state index contributed by atoms with van der Waals surface area (Å²) < 4.78 is 10.9. The van der Waals surface area contributed by atoms with Gasteiger partial charge in [0.1, 0.15) is 0 Å². The van der Waals surface area contributed by atoms with Gasteiger partial charge in [-0.1, -0.05) is 0 Å². The second-order valence-corrected chi connectivity index (χ2v) is 5.32. The third-order valence-electron chi connectivity index (χ3n) is 4.23. The van der Waals surface area contributed by atoms with Crippen LogP contribution in [0.15, 0.2) is 0 Å². The average Bonchev–Trinajstić information content (AvgIpc) is 2.40. The van der Waals surface area contributed by atoms with Gasteiger partial charge in [-0.2, -0.15) is 0 Å². The summed E-state index contributed by atoms with van der Waals surface area (Å²) in [4.78, 5) is 2.57. The van der Waals surface area contributed by atoms with Gasteiger partial charge >= 0.3 is 0 Å². The van der Waals surface area contributed by atoms with Crippen molar-refractivity contribution in [3.05, 3.63) is 0 Å². The molecule has 108 valence electrons. The summed E-state index contributed by atoms with van der Waals surface area (Å²) >= 11 is 0. The van der Waals surface area contributed by atoms with E-state index in [1.807, 2.05) is 7.11 Å². The molecular weight excluding hydrogens is 252 g/mol. The number of likely N-dealkylation sites (tertiary alicyclic amines) is 1. The van der Waals surface area contributed by atoms with Crippen LogP contribution in [0.25, 0.3) is 0 Å². The van der Waals surface area contributed by atoms with Crippen molar-refractivity contribution in [1.29, 1.82) is 0 Å². The predicted molar refractivity (Wildman–Crippen MR) is 75.2 cm³/mol. The molecule has 2 aliphatic rings. The molecule has 0 aliphatic carbocycles. The number of methoxy groups -OCH3 is 1. The Morgan fingerprint density at radius 3 is 2.61 bits per heavy atom. The first-order valence-electron chi connectivity index (χ1n) is 6.88. The summed E-state index contributed by atoms with van der Waals surface area (Å²) in [5.41, 5.74) is 5.89. The lowest BCUT2D eigenvalue weighted by Crippen LogP contribution is -2.50. The third kappa shape index (κ3) is 4.35. The fourth-order valence-corrected chi connectivity index (χ4v) is 3.02. The minimum Gasteiger partial charge on any atom is -0.381 e. The first kappa shape index (κ1) is 16.2. The van der Waals surface area contributed by atoms with Crippen LogP contribution in [-0.2, 0) is 9.47 Å². The summed E-state index contributed by atoms with van der Waals surface area (Å²) in [5.74, 6) is 0.803. The molecule has 18 heavy (non-hydrogen) atoms. The van der Waals surface area contributed by atoms with Crippen molar-refractivity contribution in [2.24, 2.45) is 11.7 Å². The van der Waals surface area contributed by atoms with Gasteiger partial charge in [-0.25, -0.2) is 0 Å². The lowest BCUT2D eigenvalue weighted by atomic mass is 9.94. The average molecular weight is 279 g/mol. The van der Waals surface area contributed by atoms with Gasteiger partial charge in [-0.15, -0.1) is 12.4 Å². The maximum absolute atomic E-state index is 5.89. The van der Waals surface area contributed by atoms with E-state index in [4.69, 9.17) is 15.2 Å². The van der Waals surface area contributed by atoms with Crippen LogP contribution in [0.2, 0.25) is 0 Å². The topological polar surface area (TPSA) is 47.7 Å². The van der Waals surface area contributed by atoms with Crippen molar-refractivity contribution in [2.75, 3.05) is 40.0 Å². The van der Waals surface area contributed by atoms with E-state index >= 15 is 0 Å². The molecule has 2 heterocycles. The standard InChI is InChI=1S/C13H26N2O2.ClH/c1-16-13-2-5-15(12(8-13)9-14)10-11-3-6-17-7-4-11;/h11-13H,2-10,14H2,1H3;1H. The smallest absolute Gasteiger partial charge is 0.0599 e. The zero-order valence-electron chi connectivity index (χ0n) is 11.3. The molecule has 5 heteroatoms. The molecule has 0 amide bonds. The highest BCUT2D eigenvalue weighted by Gasteiger charge is 2.29. The lowest BCUT2D eigenvalue weighted by Gasteiger charge is -2.40. The van der Waals surface area contributed by atoms with E-state index in [1.54, 1.807) is 0 Å². The Kier molecular flexibility index (Phi) is 7.49. The van der Waals surface area contributed by atoms with Crippen LogP contribution in [0.4, 0.5) is 0 Å². The molecule has 0 aromatic heterocycles. The number of nitrogens with two attached hydrogens (primary N) is 1. The molecule has 0 saturated carbocycles. The molecule has 2 N–H and O–H groups in total. The monoisotopic (exact) mass is 278 g/mol. The van der Waals surface area contributed by atoms with E-state index in [9.17, 15) is 0 Å². The van der Waals surface area contributed by atoms with Crippen molar-refractivity contribution in [1.82, 2.24) is 4.90 Å². The first-order valence-corrected chi connectivity index (χ1v) is 6.88.